The molecule has 1 amide bonds. The van der Waals surface area contributed by atoms with Gasteiger partial charge in [-0.2, -0.15) is 0 Å². The first-order valence-electron chi connectivity index (χ1n) is 7.19. The van der Waals surface area contributed by atoms with Gasteiger partial charge in [-0.25, -0.2) is 0 Å². The van der Waals surface area contributed by atoms with E-state index in [0.717, 1.165) is 19.3 Å². The maximum Gasteiger partial charge on any atom is 0.222 e. The molecule has 3 atom stereocenters. The van der Waals surface area contributed by atoms with Gasteiger partial charge >= 0.3 is 0 Å². The lowest BCUT2D eigenvalue weighted by Gasteiger charge is -2.39. The van der Waals surface area contributed by atoms with E-state index in [4.69, 9.17) is 0 Å². The van der Waals surface area contributed by atoms with Crippen LogP contribution in [0.2, 0.25) is 0 Å². The molecule has 0 bridgehead atoms. The van der Waals surface area contributed by atoms with Crippen molar-refractivity contribution >= 4 is 5.91 Å². The highest BCUT2D eigenvalue weighted by molar-refractivity contribution is 5.76. The van der Waals surface area contributed by atoms with Crippen LogP contribution in [0.5, 0.6) is 0 Å². The van der Waals surface area contributed by atoms with Crippen LogP contribution < -0.4 is 5.32 Å². The third kappa shape index (κ3) is 4.60. The molecule has 0 aliphatic heterocycles. The Morgan fingerprint density at radius 2 is 2.06 bits per heavy atom. The summed E-state index contributed by atoms with van der Waals surface area (Å²) in [5.74, 6) is 0.653. The molecule has 3 nitrogen and oxygen atoms in total. The lowest BCUT2D eigenvalue weighted by atomic mass is 9.70. The summed E-state index contributed by atoms with van der Waals surface area (Å²) in [4.78, 5) is 11.9. The molecular formula is C15H29NO2. The van der Waals surface area contributed by atoms with Crippen LogP contribution >= 0.6 is 0 Å². The Balaban J connectivity index is 2.41. The maximum atomic E-state index is 11.9. The van der Waals surface area contributed by atoms with Crippen molar-refractivity contribution in [2.75, 3.05) is 0 Å². The first kappa shape index (κ1) is 15.5. The highest BCUT2D eigenvalue weighted by Crippen LogP contribution is 2.38. The van der Waals surface area contributed by atoms with Gasteiger partial charge in [0, 0.05) is 6.04 Å². The van der Waals surface area contributed by atoms with Crippen molar-refractivity contribution < 1.29 is 9.90 Å². The van der Waals surface area contributed by atoms with E-state index in [1.807, 2.05) is 13.8 Å². The molecule has 0 aromatic heterocycles. The Kier molecular flexibility index (Phi) is 5.20. The van der Waals surface area contributed by atoms with Gasteiger partial charge in [0.1, 0.15) is 0 Å². The number of hydrogen-bond donors (Lipinski definition) is 2. The van der Waals surface area contributed by atoms with Gasteiger partial charge in [-0.3, -0.25) is 4.79 Å². The van der Waals surface area contributed by atoms with E-state index in [9.17, 15) is 9.90 Å². The summed E-state index contributed by atoms with van der Waals surface area (Å²) in [5, 5.41) is 12.8. The summed E-state index contributed by atoms with van der Waals surface area (Å²) in [6.45, 7) is 10.7. The van der Waals surface area contributed by atoms with Crippen molar-refractivity contribution in [1.82, 2.24) is 5.32 Å². The zero-order valence-corrected chi connectivity index (χ0v) is 12.5. The molecule has 1 saturated carbocycles. The van der Waals surface area contributed by atoms with Gasteiger partial charge in [0.25, 0.3) is 0 Å². The molecule has 3 heteroatoms. The number of carbonyl (C=O) groups is 1. The number of carbonyl (C=O) groups excluding carboxylic acids is 1. The fourth-order valence-corrected chi connectivity index (χ4v) is 2.85. The molecule has 1 rings (SSSR count). The van der Waals surface area contributed by atoms with Gasteiger partial charge in [-0.15, -0.1) is 0 Å². The zero-order valence-electron chi connectivity index (χ0n) is 12.5. The normalized spacial score (nSPS) is 29.1. The second-order valence-corrected chi connectivity index (χ2v) is 7.07. The standard InChI is InChI=1S/C15H29NO2/c1-10(2)13(17)8-14(18)16-12-6-7-15(4,5)9-11(12)3/h10-13,17H,6-9H2,1-5H3,(H,16,18). The number of aliphatic hydroxyl groups excluding tert-OH is 1. The largest absolute Gasteiger partial charge is 0.392 e. The van der Waals surface area contributed by atoms with Crippen LogP contribution in [-0.4, -0.2) is 23.2 Å². The molecule has 0 aromatic rings. The molecule has 1 aliphatic rings. The van der Waals surface area contributed by atoms with Gasteiger partial charge in [-0.05, 0) is 36.5 Å². The molecular weight excluding hydrogens is 226 g/mol. The van der Waals surface area contributed by atoms with E-state index in [2.05, 4.69) is 26.1 Å². The van der Waals surface area contributed by atoms with Crippen LogP contribution in [0.25, 0.3) is 0 Å². The molecule has 1 aliphatic carbocycles. The van der Waals surface area contributed by atoms with Gasteiger partial charge < -0.3 is 10.4 Å². The van der Waals surface area contributed by atoms with Crippen molar-refractivity contribution in [1.29, 1.82) is 0 Å². The van der Waals surface area contributed by atoms with E-state index in [1.54, 1.807) is 0 Å². The van der Waals surface area contributed by atoms with E-state index < -0.39 is 6.10 Å². The molecule has 0 aromatic carbocycles. The fraction of sp³-hybridized carbons (Fsp3) is 0.933. The van der Waals surface area contributed by atoms with E-state index in [-0.39, 0.29) is 24.3 Å². The number of aliphatic hydroxyl groups is 1. The van der Waals surface area contributed by atoms with Crippen LogP contribution in [0, 0.1) is 17.3 Å². The topological polar surface area (TPSA) is 49.3 Å². The minimum absolute atomic E-state index is 0.00671. The molecule has 0 radical (unpaired) electrons. The van der Waals surface area contributed by atoms with Crippen LogP contribution in [0.1, 0.15) is 60.3 Å². The molecule has 1 fully saturated rings. The summed E-state index contributed by atoms with van der Waals surface area (Å²) in [7, 11) is 0. The smallest absolute Gasteiger partial charge is 0.222 e. The highest BCUT2D eigenvalue weighted by Gasteiger charge is 2.33. The van der Waals surface area contributed by atoms with Crippen LogP contribution in [0.3, 0.4) is 0 Å². The fourth-order valence-electron chi connectivity index (χ4n) is 2.85. The zero-order chi connectivity index (χ0) is 13.9. The summed E-state index contributed by atoms with van der Waals surface area (Å²) < 4.78 is 0. The van der Waals surface area contributed by atoms with Crippen molar-refractivity contribution in [3.8, 4) is 0 Å². The van der Waals surface area contributed by atoms with Crippen molar-refractivity contribution in [2.24, 2.45) is 17.3 Å². The molecule has 2 N–H and O–H groups in total. The molecule has 18 heavy (non-hydrogen) atoms. The minimum atomic E-state index is -0.527. The first-order chi connectivity index (χ1) is 8.21. The number of amides is 1. The van der Waals surface area contributed by atoms with E-state index >= 15 is 0 Å². The average molecular weight is 255 g/mol. The third-order valence-electron chi connectivity index (χ3n) is 4.20. The van der Waals surface area contributed by atoms with Crippen LogP contribution in [0.4, 0.5) is 0 Å². The second kappa shape index (κ2) is 6.05. The van der Waals surface area contributed by atoms with Crippen molar-refractivity contribution in [3.05, 3.63) is 0 Å². The predicted octanol–water partition coefficient (Wildman–Crippen LogP) is 2.72. The third-order valence-corrected chi connectivity index (χ3v) is 4.20. The number of rotatable bonds is 4. The monoisotopic (exact) mass is 255 g/mol. The Hall–Kier alpha value is -0.570. The van der Waals surface area contributed by atoms with Gasteiger partial charge in [0.05, 0.1) is 12.5 Å². The summed E-state index contributed by atoms with van der Waals surface area (Å²) in [5.41, 5.74) is 0.401. The van der Waals surface area contributed by atoms with Crippen molar-refractivity contribution in [3.63, 3.8) is 0 Å². The Labute approximate surface area is 111 Å². The summed E-state index contributed by atoms with van der Waals surface area (Å²) >= 11 is 0. The SMILES string of the molecule is CC(C)C(O)CC(=O)NC1CCC(C)(C)CC1C. The van der Waals surface area contributed by atoms with E-state index in [1.165, 1.54) is 0 Å². The van der Waals surface area contributed by atoms with Gasteiger partial charge in [0.15, 0.2) is 0 Å². The number of hydrogen-bond acceptors (Lipinski definition) is 2. The average Bonchev–Trinajstić information content (AvgIpc) is 2.21. The Morgan fingerprint density at radius 3 is 2.56 bits per heavy atom. The first-order valence-corrected chi connectivity index (χ1v) is 7.19. The molecule has 0 heterocycles. The second-order valence-electron chi connectivity index (χ2n) is 7.07. The lowest BCUT2D eigenvalue weighted by Crippen LogP contribution is -2.45. The number of nitrogens with one attached hydrogen (secondary N) is 1. The Bertz CT molecular complexity index is 286. The van der Waals surface area contributed by atoms with Crippen molar-refractivity contribution in [2.45, 2.75) is 72.4 Å². The predicted molar refractivity (Wildman–Crippen MR) is 74.2 cm³/mol. The van der Waals surface area contributed by atoms with Crippen LogP contribution in [0.15, 0.2) is 0 Å². The minimum Gasteiger partial charge on any atom is -0.392 e. The van der Waals surface area contributed by atoms with Gasteiger partial charge in [-0.1, -0.05) is 34.6 Å². The summed E-state index contributed by atoms with van der Waals surface area (Å²) in [6, 6.07) is 0.282. The Morgan fingerprint density at radius 1 is 1.44 bits per heavy atom. The lowest BCUT2D eigenvalue weighted by molar-refractivity contribution is -0.125. The molecule has 106 valence electrons. The molecule has 0 saturated heterocycles. The maximum absolute atomic E-state index is 11.9. The molecule has 3 unspecified atom stereocenters. The highest BCUT2D eigenvalue weighted by atomic mass is 16.3. The molecule has 0 spiro atoms. The quantitative estimate of drug-likeness (QED) is 0.811. The summed E-state index contributed by atoms with van der Waals surface area (Å²) in [6.07, 6.45) is 3.07. The van der Waals surface area contributed by atoms with Gasteiger partial charge in [0.2, 0.25) is 5.91 Å². The van der Waals surface area contributed by atoms with E-state index in [0.29, 0.717) is 11.3 Å². The van der Waals surface area contributed by atoms with Crippen LogP contribution in [-0.2, 0) is 4.79 Å².